The van der Waals surface area contributed by atoms with Crippen LogP contribution in [0.2, 0.25) is 5.02 Å². The highest BCUT2D eigenvalue weighted by molar-refractivity contribution is 6.30. The summed E-state index contributed by atoms with van der Waals surface area (Å²) in [5, 5.41) is 11.0. The first kappa shape index (κ1) is 19.8. The molecule has 0 aliphatic carbocycles. The van der Waals surface area contributed by atoms with Crippen LogP contribution >= 0.6 is 23.2 Å². The van der Waals surface area contributed by atoms with Gasteiger partial charge in [-0.2, -0.15) is 0 Å². The lowest BCUT2D eigenvalue weighted by Gasteiger charge is -2.34. The number of aromatic amines is 1. The van der Waals surface area contributed by atoms with Crippen LogP contribution in [-0.2, 0) is 0 Å². The standard InChI is InChI=1S/C22H23Cl2NO2/c1-22(2,21(24)19-4-3-13-25-19)20(26)14-27-18-11-7-16(8-12-18)15-5-9-17(23)10-6-15/h3-13,20-21,25-26H,14H2,1-2H3. The van der Waals surface area contributed by atoms with Crippen molar-refractivity contribution in [1.82, 2.24) is 4.98 Å². The Morgan fingerprint density at radius 2 is 1.59 bits per heavy atom. The van der Waals surface area contributed by atoms with Crippen LogP contribution in [0.15, 0.2) is 66.9 Å². The van der Waals surface area contributed by atoms with Gasteiger partial charge in [0.25, 0.3) is 0 Å². The molecule has 1 aromatic heterocycles. The van der Waals surface area contributed by atoms with E-state index in [4.69, 9.17) is 27.9 Å². The van der Waals surface area contributed by atoms with E-state index in [1.807, 2.05) is 80.7 Å². The van der Waals surface area contributed by atoms with Gasteiger partial charge >= 0.3 is 0 Å². The Morgan fingerprint density at radius 3 is 2.15 bits per heavy atom. The predicted molar refractivity (Wildman–Crippen MR) is 112 cm³/mol. The number of aromatic nitrogens is 1. The van der Waals surface area contributed by atoms with Gasteiger partial charge in [0, 0.05) is 22.3 Å². The summed E-state index contributed by atoms with van der Waals surface area (Å²) in [7, 11) is 0. The van der Waals surface area contributed by atoms with E-state index in [0.29, 0.717) is 10.8 Å². The van der Waals surface area contributed by atoms with Crippen molar-refractivity contribution < 1.29 is 9.84 Å². The summed E-state index contributed by atoms with van der Waals surface area (Å²) < 4.78 is 5.79. The van der Waals surface area contributed by atoms with Crippen LogP contribution < -0.4 is 4.74 Å². The molecule has 2 unspecified atom stereocenters. The first-order chi connectivity index (χ1) is 12.9. The SMILES string of the molecule is CC(C)(C(O)COc1ccc(-c2ccc(Cl)cc2)cc1)C(Cl)c1ccc[nH]1. The maximum Gasteiger partial charge on any atom is 0.119 e. The predicted octanol–water partition coefficient (Wildman–Crippen LogP) is 6.08. The molecule has 1 heterocycles. The molecule has 0 amide bonds. The monoisotopic (exact) mass is 403 g/mol. The highest BCUT2D eigenvalue weighted by Gasteiger charge is 2.37. The average Bonchev–Trinajstić information content (AvgIpc) is 3.21. The van der Waals surface area contributed by atoms with Crippen LogP contribution in [0.25, 0.3) is 11.1 Å². The summed E-state index contributed by atoms with van der Waals surface area (Å²) in [5.41, 5.74) is 2.49. The Kier molecular flexibility index (Phi) is 6.15. The van der Waals surface area contributed by atoms with E-state index in [0.717, 1.165) is 16.8 Å². The molecule has 0 spiro atoms. The number of hydrogen-bond acceptors (Lipinski definition) is 2. The van der Waals surface area contributed by atoms with E-state index < -0.39 is 11.5 Å². The van der Waals surface area contributed by atoms with Crippen molar-refractivity contribution in [2.24, 2.45) is 5.41 Å². The van der Waals surface area contributed by atoms with Gasteiger partial charge in [0.1, 0.15) is 12.4 Å². The fraction of sp³-hybridized carbons (Fsp3) is 0.273. The summed E-state index contributed by atoms with van der Waals surface area (Å²) >= 11 is 12.5. The topological polar surface area (TPSA) is 45.2 Å². The Balaban J connectivity index is 1.61. The van der Waals surface area contributed by atoms with Crippen molar-refractivity contribution in [1.29, 1.82) is 0 Å². The zero-order valence-electron chi connectivity index (χ0n) is 15.3. The van der Waals surface area contributed by atoms with Crippen LogP contribution in [0.1, 0.15) is 24.9 Å². The molecule has 0 radical (unpaired) electrons. The molecule has 3 aromatic rings. The van der Waals surface area contributed by atoms with E-state index in [1.165, 1.54) is 0 Å². The van der Waals surface area contributed by atoms with Gasteiger partial charge in [0.2, 0.25) is 0 Å². The summed E-state index contributed by atoms with van der Waals surface area (Å²) in [6.07, 6.45) is 1.10. The second-order valence-electron chi connectivity index (χ2n) is 7.17. The minimum absolute atomic E-state index is 0.164. The summed E-state index contributed by atoms with van der Waals surface area (Å²) in [6.45, 7) is 4.03. The van der Waals surface area contributed by atoms with Gasteiger partial charge in [0.05, 0.1) is 11.5 Å². The number of aliphatic hydroxyl groups excluding tert-OH is 1. The molecule has 0 aliphatic rings. The highest BCUT2D eigenvalue weighted by Crippen LogP contribution is 2.41. The van der Waals surface area contributed by atoms with Gasteiger partial charge in [0.15, 0.2) is 0 Å². The van der Waals surface area contributed by atoms with Crippen molar-refractivity contribution in [3.63, 3.8) is 0 Å². The fourth-order valence-electron chi connectivity index (χ4n) is 2.85. The zero-order valence-corrected chi connectivity index (χ0v) is 16.8. The van der Waals surface area contributed by atoms with Gasteiger partial charge in [-0.3, -0.25) is 0 Å². The number of hydrogen-bond donors (Lipinski definition) is 2. The maximum absolute atomic E-state index is 10.6. The first-order valence-corrected chi connectivity index (χ1v) is 9.63. The molecular weight excluding hydrogens is 381 g/mol. The van der Waals surface area contributed by atoms with E-state index >= 15 is 0 Å². The van der Waals surface area contributed by atoms with Gasteiger partial charge in [-0.15, -0.1) is 11.6 Å². The van der Waals surface area contributed by atoms with Crippen molar-refractivity contribution >= 4 is 23.2 Å². The van der Waals surface area contributed by atoms with Crippen LogP contribution in [0, 0.1) is 5.41 Å². The molecule has 2 N–H and O–H groups in total. The quantitative estimate of drug-likeness (QED) is 0.469. The van der Waals surface area contributed by atoms with E-state index in [2.05, 4.69) is 4.98 Å². The van der Waals surface area contributed by atoms with Crippen LogP contribution in [-0.4, -0.2) is 22.8 Å². The number of rotatable bonds is 7. The summed E-state index contributed by atoms with van der Waals surface area (Å²) in [6, 6.07) is 19.3. The van der Waals surface area contributed by atoms with E-state index in [-0.39, 0.29) is 12.0 Å². The number of aliphatic hydroxyl groups is 1. The van der Waals surface area contributed by atoms with Crippen molar-refractivity contribution in [3.8, 4) is 16.9 Å². The molecule has 27 heavy (non-hydrogen) atoms. The molecule has 0 bridgehead atoms. The third-order valence-corrected chi connectivity index (χ3v) is 5.90. The number of H-pyrrole nitrogens is 1. The molecule has 0 saturated heterocycles. The molecule has 3 nitrogen and oxygen atoms in total. The van der Waals surface area contributed by atoms with Gasteiger partial charge in [-0.1, -0.05) is 49.7 Å². The third-order valence-electron chi connectivity index (χ3n) is 4.85. The van der Waals surface area contributed by atoms with Crippen molar-refractivity contribution in [3.05, 3.63) is 77.6 Å². The third kappa shape index (κ3) is 4.67. The normalized spacial score (nSPS) is 14.0. The molecule has 0 saturated carbocycles. The van der Waals surface area contributed by atoms with Gasteiger partial charge in [-0.25, -0.2) is 0 Å². The van der Waals surface area contributed by atoms with Gasteiger partial charge in [-0.05, 0) is 47.5 Å². The maximum atomic E-state index is 10.6. The highest BCUT2D eigenvalue weighted by atomic mass is 35.5. The Hall–Kier alpha value is -1.94. The summed E-state index contributed by atoms with van der Waals surface area (Å²) in [4.78, 5) is 3.10. The molecule has 142 valence electrons. The molecule has 3 rings (SSSR count). The number of nitrogens with one attached hydrogen (secondary N) is 1. The number of alkyl halides is 1. The molecule has 0 aliphatic heterocycles. The van der Waals surface area contributed by atoms with E-state index in [1.54, 1.807) is 0 Å². The molecule has 2 atom stereocenters. The first-order valence-electron chi connectivity index (χ1n) is 8.82. The lowest BCUT2D eigenvalue weighted by Crippen LogP contribution is -2.37. The van der Waals surface area contributed by atoms with Crippen molar-refractivity contribution in [2.75, 3.05) is 6.61 Å². The summed E-state index contributed by atoms with van der Waals surface area (Å²) in [5.74, 6) is 0.702. The van der Waals surface area contributed by atoms with Gasteiger partial charge < -0.3 is 14.8 Å². The minimum Gasteiger partial charge on any atom is -0.491 e. The molecular formula is C22H23Cl2NO2. The second-order valence-corrected chi connectivity index (χ2v) is 8.04. The van der Waals surface area contributed by atoms with E-state index in [9.17, 15) is 5.11 Å². The largest absolute Gasteiger partial charge is 0.491 e. The van der Waals surface area contributed by atoms with Crippen LogP contribution in [0.5, 0.6) is 5.75 Å². The Labute approximate surface area is 169 Å². The number of ether oxygens (including phenoxy) is 1. The van der Waals surface area contributed by atoms with Crippen molar-refractivity contribution in [2.45, 2.75) is 25.3 Å². The molecule has 2 aromatic carbocycles. The zero-order chi connectivity index (χ0) is 19.4. The van der Waals surface area contributed by atoms with Crippen LogP contribution in [0.3, 0.4) is 0 Å². The minimum atomic E-state index is -0.723. The molecule has 5 heteroatoms. The number of halogens is 2. The Morgan fingerprint density at radius 1 is 1.00 bits per heavy atom. The lowest BCUT2D eigenvalue weighted by atomic mass is 9.81. The number of benzene rings is 2. The second kappa shape index (κ2) is 8.39. The lowest BCUT2D eigenvalue weighted by molar-refractivity contribution is 0.00857. The fourth-order valence-corrected chi connectivity index (χ4v) is 3.25. The smallest absolute Gasteiger partial charge is 0.119 e. The molecule has 0 fully saturated rings. The average molecular weight is 404 g/mol. The Bertz CT molecular complexity index is 843. The van der Waals surface area contributed by atoms with Crippen LogP contribution in [0.4, 0.5) is 0 Å².